The number of nitrogens with zero attached hydrogens (tertiary/aromatic N) is 3. The third-order valence-electron chi connectivity index (χ3n) is 5.67. The lowest BCUT2D eigenvalue weighted by Gasteiger charge is -2.24. The molecule has 0 fully saturated rings. The fourth-order valence-electron chi connectivity index (χ4n) is 3.85. The third kappa shape index (κ3) is 5.10. The molecule has 1 N–H and O–H groups in total. The first-order valence-corrected chi connectivity index (χ1v) is 15.3. The minimum atomic E-state index is -4.32. The zero-order valence-electron chi connectivity index (χ0n) is 19.1. The number of thioether (sulfide) groups is 1. The van der Waals surface area contributed by atoms with Crippen molar-refractivity contribution in [1.82, 2.24) is 10.2 Å². The van der Waals surface area contributed by atoms with Gasteiger partial charge in [0.05, 0.1) is 4.90 Å². The molecule has 1 atom stereocenters. The first kappa shape index (κ1) is 26.8. The van der Waals surface area contributed by atoms with Crippen molar-refractivity contribution < 1.29 is 22.7 Å². The summed E-state index contributed by atoms with van der Waals surface area (Å²) < 4.78 is 42.6. The number of aliphatic hydroxyl groups excluding tert-OH is 1. The molecule has 0 saturated carbocycles. The van der Waals surface area contributed by atoms with Gasteiger partial charge in [0.1, 0.15) is 16.8 Å². The summed E-state index contributed by atoms with van der Waals surface area (Å²) in [4.78, 5) is 13.9. The molecule has 1 aromatic heterocycles. The average molecular weight is 653 g/mol. The standard InChI is InChI=1S/C25H16BrClFN3O4S3/c26-16-7-5-14(6-8-16)20-22(38(34,35)18-11-9-17(27)10-12-18)21(32)23(33)31(20)24-29-30-25(37-24)36-13-15-3-1-2-4-19(15)28/h1-12,20,32H,13H2/t20-/m0/s1. The van der Waals surface area contributed by atoms with E-state index in [1.54, 1.807) is 42.5 Å². The first-order valence-electron chi connectivity index (χ1n) is 10.9. The number of aromatic nitrogens is 2. The molecule has 13 heteroatoms. The second-order valence-corrected chi connectivity index (χ2v) is 13.5. The Balaban J connectivity index is 1.54. The van der Waals surface area contributed by atoms with Crippen LogP contribution in [0.5, 0.6) is 0 Å². The van der Waals surface area contributed by atoms with Crippen molar-refractivity contribution in [2.24, 2.45) is 0 Å². The molecule has 38 heavy (non-hydrogen) atoms. The van der Waals surface area contributed by atoms with E-state index in [2.05, 4.69) is 26.1 Å². The number of amides is 1. The zero-order chi connectivity index (χ0) is 27.0. The Hall–Kier alpha value is -2.77. The predicted molar refractivity (Wildman–Crippen MR) is 149 cm³/mol. The summed E-state index contributed by atoms with van der Waals surface area (Å²) in [6.45, 7) is 0. The lowest BCUT2D eigenvalue weighted by Crippen LogP contribution is -2.31. The van der Waals surface area contributed by atoms with Crippen molar-refractivity contribution in [3.63, 3.8) is 0 Å². The highest BCUT2D eigenvalue weighted by Crippen LogP contribution is 2.46. The van der Waals surface area contributed by atoms with Gasteiger partial charge >= 0.3 is 0 Å². The van der Waals surface area contributed by atoms with Crippen LogP contribution in [0.3, 0.4) is 0 Å². The number of aliphatic hydroxyl groups is 1. The van der Waals surface area contributed by atoms with Crippen LogP contribution in [0.15, 0.2) is 97.2 Å². The van der Waals surface area contributed by atoms with Crippen LogP contribution >= 0.6 is 50.6 Å². The van der Waals surface area contributed by atoms with Crippen LogP contribution in [0.25, 0.3) is 0 Å². The number of carbonyl (C=O) groups is 1. The molecule has 1 amide bonds. The smallest absolute Gasteiger partial charge is 0.296 e. The quantitative estimate of drug-likeness (QED) is 0.175. The van der Waals surface area contributed by atoms with Crippen LogP contribution in [-0.4, -0.2) is 29.6 Å². The fourth-order valence-corrected chi connectivity index (χ4v) is 7.72. The second-order valence-electron chi connectivity index (χ2n) is 8.03. The first-order chi connectivity index (χ1) is 18.2. The maximum absolute atomic E-state index is 14.0. The SMILES string of the molecule is O=C1C(O)=C(S(=O)(=O)c2ccc(Cl)cc2)[C@H](c2ccc(Br)cc2)N1c1nnc(SCc2ccccc2F)s1. The number of carbonyl (C=O) groups excluding carboxylic acids is 1. The minimum Gasteiger partial charge on any atom is -0.502 e. The van der Waals surface area contributed by atoms with Gasteiger partial charge in [0.2, 0.25) is 15.0 Å². The molecule has 0 spiro atoms. The topological polar surface area (TPSA) is 100 Å². The molecule has 0 aliphatic carbocycles. The van der Waals surface area contributed by atoms with Gasteiger partial charge in [-0.15, -0.1) is 10.2 Å². The molecular formula is C25H16BrClFN3O4S3. The normalized spacial score (nSPS) is 15.9. The predicted octanol–water partition coefficient (Wildman–Crippen LogP) is 6.72. The molecule has 0 saturated heterocycles. The highest BCUT2D eigenvalue weighted by molar-refractivity contribution is 9.10. The Morgan fingerprint density at radius 3 is 2.42 bits per heavy atom. The summed E-state index contributed by atoms with van der Waals surface area (Å²) >= 11 is 11.6. The number of sulfone groups is 1. The van der Waals surface area contributed by atoms with Crippen LogP contribution < -0.4 is 4.90 Å². The molecule has 0 unspecified atom stereocenters. The van der Waals surface area contributed by atoms with Crippen LogP contribution in [0.2, 0.25) is 5.02 Å². The summed E-state index contributed by atoms with van der Waals surface area (Å²) in [5.41, 5.74) is 0.920. The van der Waals surface area contributed by atoms with E-state index in [0.29, 0.717) is 20.5 Å². The van der Waals surface area contributed by atoms with Crippen molar-refractivity contribution in [1.29, 1.82) is 0 Å². The number of hydrogen-bond acceptors (Lipinski definition) is 8. The molecule has 3 aromatic carbocycles. The molecule has 1 aliphatic heterocycles. The van der Waals surface area contributed by atoms with E-state index in [9.17, 15) is 22.7 Å². The number of rotatable bonds is 7. The van der Waals surface area contributed by atoms with Gasteiger partial charge in [-0.25, -0.2) is 12.8 Å². The van der Waals surface area contributed by atoms with Crippen molar-refractivity contribution in [3.05, 3.63) is 110 Å². The Morgan fingerprint density at radius 1 is 1.05 bits per heavy atom. The van der Waals surface area contributed by atoms with Crippen LogP contribution in [0.4, 0.5) is 9.52 Å². The van der Waals surface area contributed by atoms with Crippen LogP contribution in [-0.2, 0) is 20.4 Å². The fraction of sp³-hybridized carbons (Fsp3) is 0.0800. The molecule has 7 nitrogen and oxygen atoms in total. The van der Waals surface area contributed by atoms with Gasteiger partial charge < -0.3 is 5.11 Å². The highest BCUT2D eigenvalue weighted by atomic mass is 79.9. The molecule has 4 aromatic rings. The second kappa shape index (κ2) is 10.8. The molecule has 1 aliphatic rings. The summed E-state index contributed by atoms with van der Waals surface area (Å²) in [7, 11) is -4.32. The van der Waals surface area contributed by atoms with Crippen molar-refractivity contribution in [3.8, 4) is 0 Å². The van der Waals surface area contributed by atoms with Gasteiger partial charge in [-0.2, -0.15) is 0 Å². The summed E-state index contributed by atoms with van der Waals surface area (Å²) in [5, 5.41) is 19.5. The summed E-state index contributed by atoms with van der Waals surface area (Å²) in [6.07, 6.45) is 0. The number of anilines is 1. The van der Waals surface area contributed by atoms with Crippen molar-refractivity contribution in [2.75, 3.05) is 4.90 Å². The highest BCUT2D eigenvalue weighted by Gasteiger charge is 2.48. The summed E-state index contributed by atoms with van der Waals surface area (Å²) in [5.74, 6) is -1.89. The van der Waals surface area contributed by atoms with E-state index >= 15 is 0 Å². The largest absolute Gasteiger partial charge is 0.502 e. The van der Waals surface area contributed by atoms with E-state index in [0.717, 1.165) is 20.7 Å². The van der Waals surface area contributed by atoms with Crippen molar-refractivity contribution in [2.45, 2.75) is 21.0 Å². The summed E-state index contributed by atoms with van der Waals surface area (Å²) in [6, 6.07) is 17.3. The molecule has 0 bridgehead atoms. The molecule has 5 rings (SSSR count). The van der Waals surface area contributed by atoms with E-state index < -0.39 is 32.5 Å². The third-order valence-corrected chi connectivity index (χ3v) is 10.4. The Labute approximate surface area is 239 Å². The van der Waals surface area contributed by atoms with Gasteiger partial charge in [0.15, 0.2) is 10.1 Å². The number of hydrogen-bond donors (Lipinski definition) is 1. The molecule has 0 radical (unpaired) electrons. The van der Waals surface area contributed by atoms with E-state index in [1.165, 1.54) is 42.1 Å². The van der Waals surface area contributed by atoms with Gasteiger partial charge in [-0.1, -0.05) is 81.0 Å². The van der Waals surface area contributed by atoms with Gasteiger partial charge in [0.25, 0.3) is 5.91 Å². The maximum atomic E-state index is 14.0. The molecular weight excluding hydrogens is 637 g/mol. The van der Waals surface area contributed by atoms with Crippen LogP contribution in [0, 0.1) is 5.82 Å². The van der Waals surface area contributed by atoms with Crippen molar-refractivity contribution >= 4 is 71.5 Å². The zero-order valence-corrected chi connectivity index (χ0v) is 23.9. The monoisotopic (exact) mass is 651 g/mol. The van der Waals surface area contributed by atoms with Gasteiger partial charge in [0, 0.05) is 15.2 Å². The van der Waals surface area contributed by atoms with Gasteiger partial charge in [-0.05, 0) is 53.6 Å². The van der Waals surface area contributed by atoms with Gasteiger partial charge in [-0.3, -0.25) is 9.69 Å². The minimum absolute atomic E-state index is 0.0896. The Morgan fingerprint density at radius 2 is 1.74 bits per heavy atom. The van der Waals surface area contributed by atoms with Crippen LogP contribution in [0.1, 0.15) is 17.2 Å². The van der Waals surface area contributed by atoms with E-state index in [-0.39, 0.29) is 21.6 Å². The molecule has 2 heterocycles. The number of benzene rings is 3. The van der Waals surface area contributed by atoms with E-state index in [4.69, 9.17) is 11.6 Å². The van der Waals surface area contributed by atoms with E-state index in [1.807, 2.05) is 0 Å². The lowest BCUT2D eigenvalue weighted by molar-refractivity contribution is -0.117. The maximum Gasteiger partial charge on any atom is 0.296 e. The Kier molecular flexibility index (Phi) is 7.60. The number of halogens is 3. The Bertz CT molecular complexity index is 1660. The average Bonchev–Trinajstić information content (AvgIpc) is 3.46. The molecule has 194 valence electrons. The lowest BCUT2D eigenvalue weighted by atomic mass is 10.1.